The monoisotopic (exact) mass is 439 g/mol. The van der Waals surface area contributed by atoms with Crippen LogP contribution in [0.5, 0.6) is 5.75 Å². The quantitative estimate of drug-likeness (QED) is 0.218. The van der Waals surface area contributed by atoms with E-state index in [9.17, 15) is 9.59 Å². The number of para-hydroxylation sites is 2. The van der Waals surface area contributed by atoms with E-state index in [2.05, 4.69) is 4.98 Å². The molecule has 0 amide bonds. The summed E-state index contributed by atoms with van der Waals surface area (Å²) in [5, 5.41) is 0. The first kappa shape index (κ1) is 23.3. The van der Waals surface area contributed by atoms with E-state index >= 15 is 0 Å². The van der Waals surface area contributed by atoms with Crippen LogP contribution in [0, 0.1) is 5.92 Å². The van der Waals surface area contributed by atoms with Crippen molar-refractivity contribution in [3.8, 4) is 17.2 Å². The Morgan fingerprint density at radius 1 is 0.906 bits per heavy atom. The second-order valence-electron chi connectivity index (χ2n) is 7.27. The summed E-state index contributed by atoms with van der Waals surface area (Å²) in [5.74, 6) is -0.533. The molecule has 0 N–H and O–H groups in total. The Morgan fingerprint density at radius 2 is 1.59 bits per heavy atom. The summed E-state index contributed by atoms with van der Waals surface area (Å²) < 4.78 is 21.6. The summed E-state index contributed by atoms with van der Waals surface area (Å²) >= 11 is 0. The number of aromatic nitrogens is 1. The summed E-state index contributed by atoms with van der Waals surface area (Å²) in [4.78, 5) is 28.5. The third kappa shape index (κ3) is 6.33. The molecule has 0 fully saturated rings. The van der Waals surface area contributed by atoms with Gasteiger partial charge in [-0.15, -0.1) is 0 Å². The lowest BCUT2D eigenvalue weighted by atomic mass is 10.0. The largest absolute Gasteiger partial charge is 0.494 e. The van der Waals surface area contributed by atoms with Gasteiger partial charge in [0.15, 0.2) is 11.5 Å². The second-order valence-corrected chi connectivity index (χ2v) is 7.27. The zero-order valence-electron chi connectivity index (χ0n) is 18.5. The van der Waals surface area contributed by atoms with Gasteiger partial charge in [0.2, 0.25) is 5.89 Å². The van der Waals surface area contributed by atoms with Crippen LogP contribution in [-0.2, 0) is 19.1 Å². The van der Waals surface area contributed by atoms with E-state index in [4.69, 9.17) is 18.6 Å². The molecule has 0 radical (unpaired) electrons. The van der Waals surface area contributed by atoms with Crippen LogP contribution >= 0.6 is 0 Å². The summed E-state index contributed by atoms with van der Waals surface area (Å²) in [5.41, 5.74) is 2.48. The maximum absolute atomic E-state index is 12.0. The molecule has 3 aromatic rings. The molecule has 0 atom stereocenters. The van der Waals surface area contributed by atoms with Crippen molar-refractivity contribution in [3.63, 3.8) is 0 Å². The van der Waals surface area contributed by atoms with Crippen molar-refractivity contribution in [2.45, 2.75) is 39.5 Å². The number of unbranched alkanes of at least 4 members (excludes halogenated alkanes) is 2. The minimum atomic E-state index is -0.852. The first-order valence-corrected chi connectivity index (χ1v) is 11.0. The molecule has 2 aromatic carbocycles. The number of carbonyl (C=O) groups excluding carboxylic acids is 2. The number of rotatable bonds is 12. The number of fused-ring (bicyclic) bond motifs is 1. The van der Waals surface area contributed by atoms with Crippen molar-refractivity contribution in [3.05, 3.63) is 48.5 Å². The van der Waals surface area contributed by atoms with E-state index in [0.29, 0.717) is 25.3 Å². The fourth-order valence-corrected chi connectivity index (χ4v) is 3.32. The second kappa shape index (κ2) is 11.9. The highest BCUT2D eigenvalue weighted by atomic mass is 16.6. The molecule has 0 saturated carbocycles. The van der Waals surface area contributed by atoms with Gasteiger partial charge in [-0.3, -0.25) is 9.59 Å². The minimum absolute atomic E-state index is 0.244. The van der Waals surface area contributed by atoms with Gasteiger partial charge in [-0.2, -0.15) is 0 Å². The lowest BCUT2D eigenvalue weighted by Crippen LogP contribution is -2.28. The van der Waals surface area contributed by atoms with Crippen LogP contribution in [0.2, 0.25) is 0 Å². The van der Waals surface area contributed by atoms with E-state index in [0.717, 1.165) is 35.3 Å². The average molecular weight is 440 g/mol. The molecule has 0 aliphatic rings. The number of esters is 2. The molecule has 0 bridgehead atoms. The van der Waals surface area contributed by atoms with Crippen LogP contribution in [0.3, 0.4) is 0 Å². The van der Waals surface area contributed by atoms with Gasteiger partial charge in [-0.1, -0.05) is 25.0 Å². The van der Waals surface area contributed by atoms with Gasteiger partial charge in [0.25, 0.3) is 0 Å². The molecule has 0 aliphatic carbocycles. The van der Waals surface area contributed by atoms with E-state index in [1.807, 2.05) is 48.5 Å². The molecule has 1 heterocycles. The maximum Gasteiger partial charge on any atom is 0.320 e. The predicted molar refractivity (Wildman–Crippen MR) is 120 cm³/mol. The fourth-order valence-electron chi connectivity index (χ4n) is 3.32. The molecule has 0 saturated heterocycles. The third-order valence-electron chi connectivity index (χ3n) is 4.94. The molecule has 3 rings (SSSR count). The normalized spacial score (nSPS) is 11.0. The lowest BCUT2D eigenvalue weighted by Gasteiger charge is -2.14. The Morgan fingerprint density at radius 3 is 2.25 bits per heavy atom. The van der Waals surface area contributed by atoms with Crippen LogP contribution in [0.4, 0.5) is 0 Å². The average Bonchev–Trinajstić information content (AvgIpc) is 3.23. The Kier molecular flexibility index (Phi) is 8.66. The van der Waals surface area contributed by atoms with Crippen molar-refractivity contribution in [1.82, 2.24) is 4.98 Å². The molecular weight excluding hydrogens is 410 g/mol. The Balaban J connectivity index is 1.41. The molecule has 170 valence electrons. The number of ether oxygens (including phenoxy) is 3. The van der Waals surface area contributed by atoms with Gasteiger partial charge in [0.1, 0.15) is 11.3 Å². The summed E-state index contributed by atoms with van der Waals surface area (Å²) in [6, 6.07) is 15.3. The predicted octanol–water partition coefficient (Wildman–Crippen LogP) is 5.18. The third-order valence-corrected chi connectivity index (χ3v) is 4.94. The van der Waals surface area contributed by atoms with Gasteiger partial charge in [-0.05, 0) is 63.1 Å². The Hall–Kier alpha value is -3.35. The Bertz CT molecular complexity index is 960. The standard InChI is InChI=1S/C25H29NO6/c1-3-29-24(27)20(25(28)30-4-2)10-6-5-9-17-31-19-15-13-18(14-16-19)23-26-21-11-7-8-12-22(21)32-23/h7-8,11-16,20H,3-6,9-10,17H2,1-2H3. The summed E-state index contributed by atoms with van der Waals surface area (Å²) in [7, 11) is 0. The molecular formula is C25H29NO6. The van der Waals surface area contributed by atoms with Crippen molar-refractivity contribution in [1.29, 1.82) is 0 Å². The van der Waals surface area contributed by atoms with E-state index in [-0.39, 0.29) is 13.2 Å². The van der Waals surface area contributed by atoms with Crippen LogP contribution in [0.25, 0.3) is 22.6 Å². The van der Waals surface area contributed by atoms with E-state index in [1.54, 1.807) is 13.8 Å². The highest BCUT2D eigenvalue weighted by Crippen LogP contribution is 2.26. The first-order chi connectivity index (χ1) is 15.6. The zero-order valence-corrected chi connectivity index (χ0v) is 18.5. The van der Waals surface area contributed by atoms with Crippen molar-refractivity contribution < 1.29 is 28.2 Å². The van der Waals surface area contributed by atoms with Crippen molar-refractivity contribution in [2.75, 3.05) is 19.8 Å². The molecule has 1 aromatic heterocycles. The molecule has 7 heteroatoms. The fraction of sp³-hybridized carbons (Fsp3) is 0.400. The first-order valence-electron chi connectivity index (χ1n) is 11.0. The molecule has 0 aliphatic heterocycles. The number of nitrogens with zero attached hydrogens (tertiary/aromatic N) is 1. The van der Waals surface area contributed by atoms with Gasteiger partial charge in [0, 0.05) is 5.56 Å². The molecule has 0 unspecified atom stereocenters. The van der Waals surface area contributed by atoms with Gasteiger partial charge < -0.3 is 18.6 Å². The molecule has 32 heavy (non-hydrogen) atoms. The smallest absolute Gasteiger partial charge is 0.320 e. The molecule has 7 nitrogen and oxygen atoms in total. The highest BCUT2D eigenvalue weighted by molar-refractivity contribution is 5.94. The van der Waals surface area contributed by atoms with Crippen LogP contribution in [0.1, 0.15) is 39.5 Å². The van der Waals surface area contributed by atoms with Gasteiger partial charge in [-0.25, -0.2) is 4.98 Å². The van der Waals surface area contributed by atoms with Crippen LogP contribution < -0.4 is 4.74 Å². The topological polar surface area (TPSA) is 87.9 Å². The number of hydrogen-bond donors (Lipinski definition) is 0. The van der Waals surface area contributed by atoms with Crippen LogP contribution in [0.15, 0.2) is 52.9 Å². The summed E-state index contributed by atoms with van der Waals surface area (Å²) in [6.45, 7) is 4.47. The number of carbonyl (C=O) groups is 2. The van der Waals surface area contributed by atoms with Crippen molar-refractivity contribution >= 4 is 23.0 Å². The van der Waals surface area contributed by atoms with E-state index < -0.39 is 17.9 Å². The number of benzene rings is 2. The van der Waals surface area contributed by atoms with E-state index in [1.165, 1.54) is 0 Å². The van der Waals surface area contributed by atoms with Crippen LogP contribution in [-0.4, -0.2) is 36.7 Å². The van der Waals surface area contributed by atoms with Crippen molar-refractivity contribution in [2.24, 2.45) is 5.92 Å². The lowest BCUT2D eigenvalue weighted by molar-refractivity contribution is -0.161. The SMILES string of the molecule is CCOC(=O)C(CCCCCOc1ccc(-c2nc3ccccc3o2)cc1)C(=O)OCC. The highest BCUT2D eigenvalue weighted by Gasteiger charge is 2.28. The number of hydrogen-bond acceptors (Lipinski definition) is 7. The summed E-state index contributed by atoms with van der Waals surface area (Å²) in [6.07, 6.45) is 2.76. The maximum atomic E-state index is 12.0. The molecule has 0 spiro atoms. The van der Waals surface area contributed by atoms with Gasteiger partial charge in [0.05, 0.1) is 19.8 Å². The van der Waals surface area contributed by atoms with Gasteiger partial charge >= 0.3 is 11.9 Å². The number of oxazole rings is 1. The minimum Gasteiger partial charge on any atom is -0.494 e. The zero-order chi connectivity index (χ0) is 22.8. The Labute approximate surface area is 187 Å².